The Morgan fingerprint density at radius 1 is 1.23 bits per heavy atom. The number of hydrogen-bond acceptors (Lipinski definition) is 4. The molecular formula is C18H28N2O2. The second-order valence-corrected chi connectivity index (χ2v) is 6.40. The Kier molecular flexibility index (Phi) is 5.70. The van der Waals surface area contributed by atoms with Crippen LogP contribution in [0.25, 0.3) is 0 Å². The van der Waals surface area contributed by atoms with Crippen LogP contribution in [0, 0.1) is 0 Å². The van der Waals surface area contributed by atoms with Crippen LogP contribution < -0.4 is 10.1 Å². The molecule has 1 N–H and O–H groups in total. The lowest BCUT2D eigenvalue weighted by Gasteiger charge is -2.26. The third-order valence-electron chi connectivity index (χ3n) is 4.80. The highest BCUT2D eigenvalue weighted by molar-refractivity contribution is 5.37. The van der Waals surface area contributed by atoms with Gasteiger partial charge in [0.2, 0.25) is 0 Å². The van der Waals surface area contributed by atoms with Crippen molar-refractivity contribution >= 4 is 0 Å². The predicted molar refractivity (Wildman–Crippen MR) is 88.2 cm³/mol. The van der Waals surface area contributed by atoms with Crippen LogP contribution >= 0.6 is 0 Å². The van der Waals surface area contributed by atoms with Crippen LogP contribution in [0.3, 0.4) is 0 Å². The lowest BCUT2D eigenvalue weighted by atomic mass is 10.1. The second-order valence-electron chi connectivity index (χ2n) is 6.40. The summed E-state index contributed by atoms with van der Waals surface area (Å²) in [7, 11) is 1.77. The number of methoxy groups -OCH3 is 1. The monoisotopic (exact) mass is 304 g/mol. The summed E-state index contributed by atoms with van der Waals surface area (Å²) >= 11 is 0. The van der Waals surface area contributed by atoms with Gasteiger partial charge in [-0.15, -0.1) is 0 Å². The Hall–Kier alpha value is -1.10. The third kappa shape index (κ3) is 4.22. The molecule has 0 unspecified atom stereocenters. The molecule has 1 aliphatic heterocycles. The zero-order valence-corrected chi connectivity index (χ0v) is 13.6. The van der Waals surface area contributed by atoms with E-state index >= 15 is 0 Å². The van der Waals surface area contributed by atoms with Crippen molar-refractivity contribution in [2.24, 2.45) is 0 Å². The van der Waals surface area contributed by atoms with Crippen molar-refractivity contribution in [2.75, 3.05) is 33.4 Å². The molecule has 0 atom stereocenters. The van der Waals surface area contributed by atoms with Crippen LogP contribution in [-0.4, -0.2) is 44.4 Å². The summed E-state index contributed by atoms with van der Waals surface area (Å²) in [6, 6.07) is 7.35. The zero-order valence-electron chi connectivity index (χ0n) is 13.6. The van der Waals surface area contributed by atoms with Crippen LogP contribution in [0.1, 0.15) is 36.8 Å². The Labute approximate surface area is 133 Å². The number of ether oxygens (including phenoxy) is 2. The molecule has 0 amide bonds. The molecule has 1 aromatic carbocycles. The van der Waals surface area contributed by atoms with Crippen molar-refractivity contribution in [3.63, 3.8) is 0 Å². The summed E-state index contributed by atoms with van der Waals surface area (Å²) in [5.41, 5.74) is 2.59. The molecule has 1 heterocycles. The van der Waals surface area contributed by atoms with E-state index in [4.69, 9.17) is 9.47 Å². The SMILES string of the molecule is COc1cc(CN2CCOCC2)ccc1CNC1CCCC1. The van der Waals surface area contributed by atoms with Crippen LogP contribution in [0.15, 0.2) is 18.2 Å². The van der Waals surface area contributed by atoms with Gasteiger partial charge in [0, 0.05) is 37.8 Å². The molecule has 1 aliphatic carbocycles. The first-order chi connectivity index (χ1) is 10.8. The quantitative estimate of drug-likeness (QED) is 0.876. The number of hydrogen-bond donors (Lipinski definition) is 1. The van der Waals surface area contributed by atoms with E-state index in [2.05, 4.69) is 28.4 Å². The van der Waals surface area contributed by atoms with Gasteiger partial charge in [-0.05, 0) is 24.5 Å². The molecule has 2 fully saturated rings. The zero-order chi connectivity index (χ0) is 15.2. The molecule has 0 bridgehead atoms. The van der Waals surface area contributed by atoms with Gasteiger partial charge in [-0.1, -0.05) is 25.0 Å². The number of nitrogens with one attached hydrogen (secondary N) is 1. The fourth-order valence-corrected chi connectivity index (χ4v) is 3.44. The van der Waals surface area contributed by atoms with Crippen LogP contribution in [0.2, 0.25) is 0 Å². The molecule has 1 aromatic rings. The molecule has 4 nitrogen and oxygen atoms in total. The van der Waals surface area contributed by atoms with E-state index in [0.29, 0.717) is 6.04 Å². The highest BCUT2D eigenvalue weighted by atomic mass is 16.5. The Morgan fingerprint density at radius 2 is 2.00 bits per heavy atom. The predicted octanol–water partition coefficient (Wildman–Crippen LogP) is 2.56. The highest BCUT2D eigenvalue weighted by Gasteiger charge is 2.16. The molecule has 1 saturated carbocycles. The summed E-state index contributed by atoms with van der Waals surface area (Å²) in [6.07, 6.45) is 5.37. The lowest BCUT2D eigenvalue weighted by Crippen LogP contribution is -2.35. The fourth-order valence-electron chi connectivity index (χ4n) is 3.44. The van der Waals surface area contributed by atoms with Crippen molar-refractivity contribution in [1.29, 1.82) is 0 Å². The smallest absolute Gasteiger partial charge is 0.123 e. The van der Waals surface area contributed by atoms with E-state index < -0.39 is 0 Å². The first-order valence-corrected chi connectivity index (χ1v) is 8.54. The summed E-state index contributed by atoms with van der Waals surface area (Å²) < 4.78 is 11.0. The summed E-state index contributed by atoms with van der Waals surface area (Å²) in [5, 5.41) is 3.67. The molecule has 22 heavy (non-hydrogen) atoms. The summed E-state index contributed by atoms with van der Waals surface area (Å²) in [4.78, 5) is 2.44. The van der Waals surface area contributed by atoms with Gasteiger partial charge in [0.25, 0.3) is 0 Å². The van der Waals surface area contributed by atoms with Gasteiger partial charge in [0.1, 0.15) is 5.75 Å². The van der Waals surface area contributed by atoms with Crippen molar-refractivity contribution in [3.05, 3.63) is 29.3 Å². The minimum Gasteiger partial charge on any atom is -0.496 e. The summed E-state index contributed by atoms with van der Waals surface area (Å²) in [6.45, 7) is 5.63. The highest BCUT2D eigenvalue weighted by Crippen LogP contribution is 2.23. The fraction of sp³-hybridized carbons (Fsp3) is 0.667. The van der Waals surface area contributed by atoms with Crippen LogP contribution in [-0.2, 0) is 17.8 Å². The van der Waals surface area contributed by atoms with Gasteiger partial charge < -0.3 is 14.8 Å². The number of benzene rings is 1. The molecular weight excluding hydrogens is 276 g/mol. The minimum atomic E-state index is 0.692. The van der Waals surface area contributed by atoms with Gasteiger partial charge in [-0.2, -0.15) is 0 Å². The Morgan fingerprint density at radius 3 is 2.73 bits per heavy atom. The maximum absolute atomic E-state index is 5.61. The normalized spacial score (nSPS) is 20.4. The lowest BCUT2D eigenvalue weighted by molar-refractivity contribution is 0.0341. The van der Waals surface area contributed by atoms with Crippen LogP contribution in [0.4, 0.5) is 0 Å². The van der Waals surface area contributed by atoms with E-state index in [0.717, 1.165) is 45.1 Å². The van der Waals surface area contributed by atoms with Crippen molar-refractivity contribution in [1.82, 2.24) is 10.2 Å². The molecule has 122 valence electrons. The van der Waals surface area contributed by atoms with Crippen molar-refractivity contribution < 1.29 is 9.47 Å². The minimum absolute atomic E-state index is 0.692. The standard InChI is InChI=1S/C18H28N2O2/c1-21-18-12-15(14-20-8-10-22-11-9-20)6-7-16(18)13-19-17-4-2-3-5-17/h6-7,12,17,19H,2-5,8-11,13-14H2,1H3. The first-order valence-electron chi connectivity index (χ1n) is 8.54. The Balaban J connectivity index is 1.59. The average molecular weight is 304 g/mol. The molecule has 0 spiro atoms. The maximum Gasteiger partial charge on any atom is 0.123 e. The molecule has 2 aliphatic rings. The van der Waals surface area contributed by atoms with E-state index in [1.54, 1.807) is 7.11 Å². The van der Waals surface area contributed by atoms with Gasteiger partial charge in [-0.25, -0.2) is 0 Å². The van der Waals surface area contributed by atoms with E-state index in [1.807, 2.05) is 0 Å². The van der Waals surface area contributed by atoms with E-state index in [1.165, 1.54) is 36.8 Å². The molecule has 1 saturated heterocycles. The van der Waals surface area contributed by atoms with Crippen molar-refractivity contribution in [2.45, 2.75) is 44.8 Å². The van der Waals surface area contributed by atoms with Crippen molar-refractivity contribution in [3.8, 4) is 5.75 Å². The van der Waals surface area contributed by atoms with E-state index in [9.17, 15) is 0 Å². The maximum atomic E-state index is 5.61. The number of morpholine rings is 1. The third-order valence-corrected chi connectivity index (χ3v) is 4.80. The summed E-state index contributed by atoms with van der Waals surface area (Å²) in [5.74, 6) is 1.01. The number of nitrogens with zero attached hydrogens (tertiary/aromatic N) is 1. The molecule has 0 radical (unpaired) electrons. The Bertz CT molecular complexity index is 466. The number of rotatable bonds is 6. The van der Waals surface area contributed by atoms with E-state index in [-0.39, 0.29) is 0 Å². The second kappa shape index (κ2) is 7.95. The topological polar surface area (TPSA) is 33.7 Å². The van der Waals surface area contributed by atoms with Gasteiger partial charge in [-0.3, -0.25) is 4.90 Å². The first kappa shape index (κ1) is 15.8. The molecule has 3 rings (SSSR count). The largest absolute Gasteiger partial charge is 0.496 e. The van der Waals surface area contributed by atoms with Crippen LogP contribution in [0.5, 0.6) is 5.75 Å². The molecule has 0 aromatic heterocycles. The van der Waals surface area contributed by atoms with Gasteiger partial charge >= 0.3 is 0 Å². The average Bonchev–Trinajstić information content (AvgIpc) is 3.08. The molecule has 4 heteroatoms. The van der Waals surface area contributed by atoms with Gasteiger partial charge in [0.15, 0.2) is 0 Å². The van der Waals surface area contributed by atoms with Gasteiger partial charge in [0.05, 0.1) is 20.3 Å².